The fourth-order valence-corrected chi connectivity index (χ4v) is 0. The van der Waals surface area contributed by atoms with Crippen molar-refractivity contribution < 1.29 is 29.7 Å². The van der Waals surface area contributed by atoms with E-state index in [0.29, 0.717) is 0 Å². The molecule has 0 aromatic rings. The molecule has 16 heavy (non-hydrogen) atoms. The number of hydrogen-bond acceptors (Lipinski definition) is 4. The van der Waals surface area contributed by atoms with Crippen LogP contribution in [0.15, 0.2) is 0 Å². The standard InChI is InChI=1S/C3H8S.3C2H4O2/c1-2-3-4;3*1-2(3)4/h4H,2-3H2,1H3;3*1H3,(H,3,4). The number of thiol groups is 1. The summed E-state index contributed by atoms with van der Waals surface area (Å²) in [5.74, 6) is -1.49. The summed E-state index contributed by atoms with van der Waals surface area (Å²) >= 11 is 3.92. The lowest BCUT2D eigenvalue weighted by molar-refractivity contribution is -0.135. The van der Waals surface area contributed by atoms with E-state index < -0.39 is 17.9 Å². The van der Waals surface area contributed by atoms with Crippen molar-refractivity contribution in [3.05, 3.63) is 0 Å². The van der Waals surface area contributed by atoms with Gasteiger partial charge in [-0.05, 0) is 12.2 Å². The lowest BCUT2D eigenvalue weighted by Gasteiger charge is -1.67. The normalized spacial score (nSPS) is 6.56. The molecule has 98 valence electrons. The molecule has 0 saturated carbocycles. The summed E-state index contributed by atoms with van der Waals surface area (Å²) in [6.45, 7) is 5.35. The number of carbonyl (C=O) groups is 3. The third-order valence-electron chi connectivity index (χ3n) is 0.224. The summed E-state index contributed by atoms with van der Waals surface area (Å²) < 4.78 is 0. The van der Waals surface area contributed by atoms with Crippen LogP contribution >= 0.6 is 12.6 Å². The quantitative estimate of drug-likeness (QED) is 0.530. The Hall–Kier alpha value is -1.24. The first-order valence-electron chi connectivity index (χ1n) is 4.31. The molecule has 0 aliphatic heterocycles. The van der Waals surface area contributed by atoms with Gasteiger partial charge in [0.1, 0.15) is 0 Å². The van der Waals surface area contributed by atoms with Gasteiger partial charge in [-0.3, -0.25) is 14.4 Å². The first-order chi connectivity index (χ1) is 7.11. The Bertz CT molecular complexity index is 138. The molecule has 0 aromatic carbocycles. The minimum Gasteiger partial charge on any atom is -0.481 e. The van der Waals surface area contributed by atoms with Crippen LogP contribution in [-0.4, -0.2) is 39.0 Å². The molecule has 0 heterocycles. The van der Waals surface area contributed by atoms with Gasteiger partial charge < -0.3 is 15.3 Å². The first kappa shape index (κ1) is 24.1. The van der Waals surface area contributed by atoms with Gasteiger partial charge in [-0.25, -0.2) is 0 Å². The summed E-state index contributed by atoms with van der Waals surface area (Å²) in [5.41, 5.74) is 0. The maximum atomic E-state index is 9.00. The molecule has 6 nitrogen and oxygen atoms in total. The lowest BCUT2D eigenvalue weighted by Crippen LogP contribution is -1.78. The van der Waals surface area contributed by atoms with E-state index in [1.54, 1.807) is 0 Å². The Morgan fingerprint density at radius 2 is 0.938 bits per heavy atom. The fourth-order valence-electron chi connectivity index (χ4n) is 0. The maximum absolute atomic E-state index is 9.00. The number of hydrogen-bond donors (Lipinski definition) is 4. The van der Waals surface area contributed by atoms with Crippen molar-refractivity contribution in [1.29, 1.82) is 0 Å². The van der Waals surface area contributed by atoms with E-state index in [0.717, 1.165) is 26.5 Å². The summed E-state index contributed by atoms with van der Waals surface area (Å²) in [6, 6.07) is 0. The van der Waals surface area contributed by atoms with Crippen molar-refractivity contribution in [2.24, 2.45) is 0 Å². The maximum Gasteiger partial charge on any atom is 0.300 e. The third kappa shape index (κ3) is 30600. The zero-order chi connectivity index (χ0) is 14.1. The second-order valence-corrected chi connectivity index (χ2v) is 2.73. The van der Waals surface area contributed by atoms with Crippen LogP contribution in [0.2, 0.25) is 0 Å². The summed E-state index contributed by atoms with van der Waals surface area (Å²) in [5, 5.41) is 22.2. The number of aliphatic carboxylic acids is 3. The van der Waals surface area contributed by atoms with Crippen LogP contribution in [0.3, 0.4) is 0 Å². The van der Waals surface area contributed by atoms with Crippen molar-refractivity contribution in [3.63, 3.8) is 0 Å². The van der Waals surface area contributed by atoms with Gasteiger partial charge in [-0.1, -0.05) is 6.92 Å². The Morgan fingerprint density at radius 1 is 0.875 bits per heavy atom. The van der Waals surface area contributed by atoms with Gasteiger partial charge in [0, 0.05) is 20.8 Å². The molecule has 3 N–H and O–H groups in total. The van der Waals surface area contributed by atoms with Crippen LogP contribution in [0.1, 0.15) is 34.1 Å². The zero-order valence-electron chi connectivity index (χ0n) is 9.93. The smallest absolute Gasteiger partial charge is 0.300 e. The van der Waals surface area contributed by atoms with Gasteiger partial charge in [-0.15, -0.1) is 0 Å². The number of rotatable bonds is 1. The molecule has 0 bridgehead atoms. The molecule has 0 unspecified atom stereocenters. The number of carboxylic acids is 3. The molecular weight excluding hydrogens is 236 g/mol. The Morgan fingerprint density at radius 3 is 0.938 bits per heavy atom. The fraction of sp³-hybridized carbons (Fsp3) is 0.667. The minimum absolute atomic E-state index is 0.833. The van der Waals surface area contributed by atoms with Crippen LogP contribution < -0.4 is 0 Å². The van der Waals surface area contributed by atoms with E-state index in [-0.39, 0.29) is 0 Å². The highest BCUT2D eigenvalue weighted by Crippen LogP contribution is 1.74. The van der Waals surface area contributed by atoms with E-state index in [1.807, 2.05) is 0 Å². The zero-order valence-corrected chi connectivity index (χ0v) is 10.8. The Kier molecular flexibility index (Phi) is 35.5. The SMILES string of the molecule is CC(=O)O.CC(=O)O.CC(=O)O.CCCS. The molecule has 7 heteroatoms. The van der Waals surface area contributed by atoms with Crippen LogP contribution in [0, 0.1) is 0 Å². The molecule has 0 atom stereocenters. The van der Waals surface area contributed by atoms with Gasteiger partial charge in [0.05, 0.1) is 0 Å². The van der Waals surface area contributed by atoms with E-state index in [1.165, 1.54) is 6.42 Å². The van der Waals surface area contributed by atoms with Crippen molar-refractivity contribution >= 4 is 30.5 Å². The average molecular weight is 256 g/mol. The van der Waals surface area contributed by atoms with Crippen LogP contribution in [-0.2, 0) is 14.4 Å². The molecule has 0 aliphatic carbocycles. The second kappa shape index (κ2) is 23.5. The van der Waals surface area contributed by atoms with Crippen molar-refractivity contribution in [1.82, 2.24) is 0 Å². The first-order valence-corrected chi connectivity index (χ1v) is 4.94. The van der Waals surface area contributed by atoms with Crippen LogP contribution in [0.5, 0.6) is 0 Å². The van der Waals surface area contributed by atoms with Crippen molar-refractivity contribution in [2.75, 3.05) is 5.75 Å². The van der Waals surface area contributed by atoms with E-state index in [2.05, 4.69) is 19.6 Å². The molecule has 0 rings (SSSR count). The lowest BCUT2D eigenvalue weighted by atomic mass is 10.6. The molecule has 0 aromatic heterocycles. The topological polar surface area (TPSA) is 112 Å². The van der Waals surface area contributed by atoms with Gasteiger partial charge >= 0.3 is 0 Å². The van der Waals surface area contributed by atoms with E-state index >= 15 is 0 Å². The molecular formula is C9H20O6S. The van der Waals surface area contributed by atoms with Gasteiger partial charge in [0.15, 0.2) is 0 Å². The minimum atomic E-state index is -0.833. The molecule has 0 spiro atoms. The Labute approximate surface area is 101 Å². The van der Waals surface area contributed by atoms with Gasteiger partial charge in [-0.2, -0.15) is 12.6 Å². The molecule has 0 radical (unpaired) electrons. The van der Waals surface area contributed by atoms with Crippen molar-refractivity contribution in [2.45, 2.75) is 34.1 Å². The van der Waals surface area contributed by atoms with E-state index in [4.69, 9.17) is 29.7 Å². The summed E-state index contributed by atoms with van der Waals surface area (Å²) in [7, 11) is 0. The van der Waals surface area contributed by atoms with E-state index in [9.17, 15) is 0 Å². The monoisotopic (exact) mass is 256 g/mol. The van der Waals surface area contributed by atoms with Gasteiger partial charge in [0.25, 0.3) is 17.9 Å². The molecule has 0 aliphatic rings. The highest BCUT2D eigenvalue weighted by molar-refractivity contribution is 7.80. The van der Waals surface area contributed by atoms with Crippen molar-refractivity contribution in [3.8, 4) is 0 Å². The predicted molar refractivity (Wildman–Crippen MR) is 64.1 cm³/mol. The summed E-state index contributed by atoms with van der Waals surface area (Å²) in [4.78, 5) is 27.0. The highest BCUT2D eigenvalue weighted by atomic mass is 32.1. The highest BCUT2D eigenvalue weighted by Gasteiger charge is 1.66. The second-order valence-electron chi connectivity index (χ2n) is 2.28. The number of carboxylic acid groups (broad SMARTS) is 3. The van der Waals surface area contributed by atoms with Crippen LogP contribution in [0.4, 0.5) is 0 Å². The molecule has 0 amide bonds. The van der Waals surface area contributed by atoms with Gasteiger partial charge in [0.2, 0.25) is 0 Å². The molecule has 0 saturated heterocycles. The third-order valence-corrected chi connectivity index (χ3v) is 0.671. The summed E-state index contributed by atoms with van der Waals surface area (Å²) in [6.07, 6.45) is 1.18. The molecule has 0 fully saturated rings. The predicted octanol–water partition coefficient (Wildman–Crippen LogP) is 1.60. The Balaban J connectivity index is -0.0000000600. The largest absolute Gasteiger partial charge is 0.481 e. The van der Waals surface area contributed by atoms with Crippen LogP contribution in [0.25, 0.3) is 0 Å². The average Bonchev–Trinajstić information content (AvgIpc) is 2.00.